The molecule has 0 fully saturated rings. The highest BCUT2D eigenvalue weighted by Gasteiger charge is 2.48. The molecule has 0 aromatic heterocycles. The summed E-state index contributed by atoms with van der Waals surface area (Å²) in [5.41, 5.74) is 1.73. The molecular weight excluding hydrogens is 331 g/mol. The number of hydrogen-bond acceptors (Lipinski definition) is 3. The Kier molecular flexibility index (Phi) is 6.49. The number of halogens is 1. The highest BCUT2D eigenvalue weighted by molar-refractivity contribution is 5.71. The summed E-state index contributed by atoms with van der Waals surface area (Å²) in [4.78, 5) is 12.4. The van der Waals surface area contributed by atoms with E-state index in [9.17, 15) is 9.18 Å². The predicted octanol–water partition coefficient (Wildman–Crippen LogP) is 5.27. The van der Waals surface area contributed by atoms with Gasteiger partial charge in [0, 0.05) is 13.0 Å². The van der Waals surface area contributed by atoms with Crippen LogP contribution in [0.15, 0.2) is 18.2 Å². The topological polar surface area (TPSA) is 35.5 Å². The summed E-state index contributed by atoms with van der Waals surface area (Å²) in [5, 5.41) is 0. The van der Waals surface area contributed by atoms with Gasteiger partial charge in [-0.1, -0.05) is 40.7 Å². The molecule has 1 aromatic carbocycles. The van der Waals surface area contributed by atoms with E-state index >= 15 is 0 Å². The molecule has 0 saturated carbocycles. The van der Waals surface area contributed by atoms with E-state index in [0.717, 1.165) is 36.8 Å². The van der Waals surface area contributed by atoms with Crippen molar-refractivity contribution in [3.05, 3.63) is 35.1 Å². The monoisotopic (exact) mass is 364 g/mol. The summed E-state index contributed by atoms with van der Waals surface area (Å²) in [6.45, 7) is 10.9. The molecule has 0 bridgehead atoms. The first-order chi connectivity index (χ1) is 12.1. The van der Waals surface area contributed by atoms with Gasteiger partial charge in [-0.05, 0) is 60.3 Å². The minimum atomic E-state index is -0.568. The number of hydrogen-bond donors (Lipinski definition) is 0. The summed E-state index contributed by atoms with van der Waals surface area (Å²) in [6, 6.07) is 5.03. The molecule has 0 amide bonds. The molecule has 2 atom stereocenters. The van der Waals surface area contributed by atoms with Crippen LogP contribution in [0.1, 0.15) is 70.9 Å². The van der Waals surface area contributed by atoms with Gasteiger partial charge in [0.1, 0.15) is 18.0 Å². The van der Waals surface area contributed by atoms with E-state index in [1.165, 1.54) is 13.2 Å². The average Bonchev–Trinajstić information content (AvgIpc) is 2.52. The van der Waals surface area contributed by atoms with Crippen molar-refractivity contribution in [2.45, 2.75) is 71.8 Å². The summed E-state index contributed by atoms with van der Waals surface area (Å²) in [6.07, 6.45) is 3.19. The molecule has 146 valence electrons. The molecule has 0 spiro atoms. The number of methoxy groups -OCH3 is 1. The van der Waals surface area contributed by atoms with E-state index in [-0.39, 0.29) is 35.6 Å². The van der Waals surface area contributed by atoms with E-state index in [1.807, 2.05) is 6.07 Å². The number of benzene rings is 1. The van der Waals surface area contributed by atoms with Crippen molar-refractivity contribution in [2.75, 3.05) is 13.7 Å². The number of ether oxygens (including phenoxy) is 2. The van der Waals surface area contributed by atoms with E-state index in [4.69, 9.17) is 9.47 Å². The lowest BCUT2D eigenvalue weighted by atomic mass is 9.64. The van der Waals surface area contributed by atoms with Crippen LogP contribution in [0.5, 0.6) is 0 Å². The van der Waals surface area contributed by atoms with Crippen LogP contribution < -0.4 is 0 Å². The van der Waals surface area contributed by atoms with Crippen LogP contribution in [-0.2, 0) is 20.7 Å². The van der Waals surface area contributed by atoms with E-state index in [2.05, 4.69) is 34.6 Å². The molecule has 3 nitrogen and oxygen atoms in total. The smallest absolute Gasteiger partial charge is 0.332 e. The van der Waals surface area contributed by atoms with Crippen molar-refractivity contribution in [3.63, 3.8) is 0 Å². The standard InChI is InChI=1S/C22H33FO3/c1-15(2)20-18-8-7-17(23)13-16(18)9-10-22(20,12-11-21(3,4)5)26-19(24)14-25-6/h7-8,13,15,20H,9-12,14H2,1-6H3/t20?,22-/m0/s1. The fourth-order valence-corrected chi connectivity index (χ4v) is 4.25. The van der Waals surface area contributed by atoms with Gasteiger partial charge in [-0.2, -0.15) is 0 Å². The zero-order chi connectivity index (χ0) is 19.5. The Balaban J connectivity index is 2.46. The third kappa shape index (κ3) is 4.85. The van der Waals surface area contributed by atoms with E-state index in [1.54, 1.807) is 6.07 Å². The van der Waals surface area contributed by atoms with Gasteiger partial charge in [0.05, 0.1) is 0 Å². The van der Waals surface area contributed by atoms with Gasteiger partial charge < -0.3 is 9.47 Å². The van der Waals surface area contributed by atoms with Crippen LogP contribution in [0.3, 0.4) is 0 Å². The lowest BCUT2D eigenvalue weighted by Gasteiger charge is -2.47. The van der Waals surface area contributed by atoms with Crippen molar-refractivity contribution in [2.24, 2.45) is 11.3 Å². The molecule has 26 heavy (non-hydrogen) atoms. The normalized spacial score (nSPS) is 23.0. The number of carbonyl (C=O) groups is 1. The Morgan fingerprint density at radius 2 is 2.04 bits per heavy atom. The van der Waals surface area contributed by atoms with Gasteiger partial charge in [0.25, 0.3) is 0 Å². The maximum absolute atomic E-state index is 13.7. The van der Waals surface area contributed by atoms with Gasteiger partial charge in [-0.25, -0.2) is 9.18 Å². The molecule has 0 aliphatic heterocycles. The van der Waals surface area contributed by atoms with Crippen molar-refractivity contribution < 1.29 is 18.7 Å². The summed E-state index contributed by atoms with van der Waals surface area (Å²) < 4.78 is 24.8. The Hall–Kier alpha value is -1.42. The number of carbonyl (C=O) groups excluding carboxylic acids is 1. The molecular formula is C22H33FO3. The molecule has 4 heteroatoms. The minimum absolute atomic E-state index is 0.0433. The zero-order valence-corrected chi connectivity index (χ0v) is 17.0. The van der Waals surface area contributed by atoms with E-state index in [0.29, 0.717) is 0 Å². The molecule has 0 saturated heterocycles. The van der Waals surface area contributed by atoms with Crippen LogP contribution in [-0.4, -0.2) is 25.3 Å². The maximum Gasteiger partial charge on any atom is 0.332 e. The number of esters is 1. The SMILES string of the molecule is COCC(=O)O[C@]1(CCC(C)(C)C)CCc2cc(F)ccc2C1C(C)C. The Labute approximate surface area is 157 Å². The first-order valence-corrected chi connectivity index (χ1v) is 9.57. The average molecular weight is 365 g/mol. The molecule has 1 aliphatic rings. The fourth-order valence-electron chi connectivity index (χ4n) is 4.25. The molecule has 2 rings (SSSR count). The van der Waals surface area contributed by atoms with Gasteiger partial charge >= 0.3 is 5.97 Å². The van der Waals surface area contributed by atoms with E-state index < -0.39 is 5.60 Å². The summed E-state index contributed by atoms with van der Waals surface area (Å²) in [7, 11) is 1.50. The molecule has 0 N–H and O–H groups in total. The Morgan fingerprint density at radius 1 is 1.35 bits per heavy atom. The second-order valence-electron chi connectivity index (χ2n) is 9.10. The lowest BCUT2D eigenvalue weighted by molar-refractivity contribution is -0.172. The van der Waals surface area contributed by atoms with Crippen molar-refractivity contribution >= 4 is 5.97 Å². The number of rotatable bonds is 6. The van der Waals surface area contributed by atoms with Crippen LogP contribution >= 0.6 is 0 Å². The zero-order valence-electron chi connectivity index (χ0n) is 17.0. The second-order valence-corrected chi connectivity index (χ2v) is 9.10. The number of fused-ring (bicyclic) bond motifs is 1. The lowest BCUT2D eigenvalue weighted by Crippen LogP contribution is -2.47. The van der Waals surface area contributed by atoms with Gasteiger partial charge in [0.15, 0.2) is 0 Å². The predicted molar refractivity (Wildman–Crippen MR) is 102 cm³/mol. The minimum Gasteiger partial charge on any atom is -0.457 e. The van der Waals surface area contributed by atoms with Crippen LogP contribution in [0, 0.1) is 17.2 Å². The van der Waals surface area contributed by atoms with Gasteiger partial charge in [-0.15, -0.1) is 0 Å². The molecule has 0 radical (unpaired) electrons. The quantitative estimate of drug-likeness (QED) is 0.645. The van der Waals surface area contributed by atoms with Crippen molar-refractivity contribution in [1.82, 2.24) is 0 Å². The van der Waals surface area contributed by atoms with Gasteiger partial charge in [-0.3, -0.25) is 0 Å². The summed E-state index contributed by atoms with van der Waals surface area (Å²) in [5.74, 6) is -0.202. The fraction of sp³-hybridized carbons (Fsp3) is 0.682. The number of aryl methyl sites for hydroxylation is 1. The van der Waals surface area contributed by atoms with Crippen LogP contribution in [0.4, 0.5) is 4.39 Å². The third-order valence-electron chi connectivity index (χ3n) is 5.37. The van der Waals surface area contributed by atoms with Crippen LogP contribution in [0.25, 0.3) is 0 Å². The Morgan fingerprint density at radius 3 is 2.62 bits per heavy atom. The highest BCUT2D eigenvalue weighted by atomic mass is 19.1. The summed E-state index contributed by atoms with van der Waals surface area (Å²) >= 11 is 0. The molecule has 1 unspecified atom stereocenters. The third-order valence-corrected chi connectivity index (χ3v) is 5.37. The van der Waals surface area contributed by atoms with Crippen molar-refractivity contribution in [3.8, 4) is 0 Å². The van der Waals surface area contributed by atoms with Crippen molar-refractivity contribution in [1.29, 1.82) is 0 Å². The largest absolute Gasteiger partial charge is 0.457 e. The first-order valence-electron chi connectivity index (χ1n) is 9.57. The second kappa shape index (κ2) is 8.08. The highest BCUT2D eigenvalue weighted by Crippen LogP contribution is 2.49. The maximum atomic E-state index is 13.7. The first kappa shape index (κ1) is 20.9. The molecule has 1 aromatic rings. The van der Waals surface area contributed by atoms with Crippen LogP contribution in [0.2, 0.25) is 0 Å². The Bertz CT molecular complexity index is 633. The van der Waals surface area contributed by atoms with Gasteiger partial charge in [0.2, 0.25) is 0 Å². The molecule has 1 aliphatic carbocycles. The molecule has 0 heterocycles.